The Morgan fingerprint density at radius 3 is 2.94 bits per heavy atom. The lowest BCUT2D eigenvalue weighted by Crippen LogP contribution is -2.23. The maximum Gasteiger partial charge on any atom is 0.133 e. The van der Waals surface area contributed by atoms with Gasteiger partial charge in [-0.25, -0.2) is 4.98 Å². The van der Waals surface area contributed by atoms with Gasteiger partial charge in [0.15, 0.2) is 0 Å². The van der Waals surface area contributed by atoms with E-state index < -0.39 is 0 Å². The first-order chi connectivity index (χ1) is 7.84. The molecular weight excluding hydrogens is 236 g/mol. The van der Waals surface area contributed by atoms with Crippen LogP contribution in [0.4, 0.5) is 0 Å². The van der Waals surface area contributed by atoms with Gasteiger partial charge in [-0.15, -0.1) is 22.7 Å². The molecule has 1 aliphatic rings. The molecule has 3 rings (SSSR count). The van der Waals surface area contributed by atoms with Crippen LogP contribution in [0.15, 0.2) is 22.9 Å². The molecule has 1 saturated carbocycles. The molecule has 0 radical (unpaired) electrons. The van der Waals surface area contributed by atoms with Gasteiger partial charge in [-0.2, -0.15) is 0 Å². The Balaban J connectivity index is 1.88. The number of thiophene rings is 1. The minimum atomic E-state index is 0.348. The minimum absolute atomic E-state index is 0.348. The fraction of sp³-hybridized carbons (Fsp3) is 0.417. The van der Waals surface area contributed by atoms with Crippen LogP contribution in [0.3, 0.4) is 0 Å². The van der Waals surface area contributed by atoms with E-state index in [1.165, 1.54) is 28.4 Å². The number of hydrogen-bond acceptors (Lipinski definition) is 4. The van der Waals surface area contributed by atoms with Gasteiger partial charge in [-0.3, -0.25) is 0 Å². The van der Waals surface area contributed by atoms with Gasteiger partial charge in [0.25, 0.3) is 0 Å². The van der Waals surface area contributed by atoms with Crippen LogP contribution < -0.4 is 5.32 Å². The lowest BCUT2D eigenvalue weighted by molar-refractivity contribution is 0.611. The molecule has 1 N–H and O–H groups in total. The normalized spacial score (nSPS) is 17.6. The lowest BCUT2D eigenvalue weighted by atomic mass is 10.0. The molecule has 0 unspecified atom stereocenters. The Bertz CT molecular complexity index is 469. The van der Waals surface area contributed by atoms with Crippen molar-refractivity contribution in [3.63, 3.8) is 0 Å². The highest BCUT2D eigenvalue weighted by molar-refractivity contribution is 7.20. The summed E-state index contributed by atoms with van der Waals surface area (Å²) in [5.74, 6) is 0. The fourth-order valence-electron chi connectivity index (χ4n) is 2.04. The quantitative estimate of drug-likeness (QED) is 0.902. The molecule has 1 aliphatic carbocycles. The molecule has 0 spiro atoms. The highest BCUT2D eigenvalue weighted by atomic mass is 32.1. The monoisotopic (exact) mass is 250 g/mol. The molecule has 2 heterocycles. The Kier molecular flexibility index (Phi) is 2.58. The maximum atomic E-state index is 4.79. The second-order valence-electron chi connectivity index (χ2n) is 4.33. The van der Waals surface area contributed by atoms with Crippen LogP contribution >= 0.6 is 22.7 Å². The highest BCUT2D eigenvalue weighted by Crippen LogP contribution is 2.48. The third-order valence-corrected chi connectivity index (χ3v) is 5.03. The molecule has 84 valence electrons. The van der Waals surface area contributed by atoms with E-state index in [2.05, 4.69) is 28.2 Å². The number of nitrogens with one attached hydrogen (secondary N) is 1. The van der Waals surface area contributed by atoms with Crippen molar-refractivity contribution in [2.45, 2.75) is 18.3 Å². The third-order valence-electron chi connectivity index (χ3n) is 3.15. The molecular formula is C12H14N2S2. The SMILES string of the molecule is CNCC1(c2csc(-c3cccs3)n2)CC1. The number of rotatable bonds is 4. The standard InChI is InChI=1S/C12H14N2S2/c1-13-8-12(4-5-12)10-7-16-11(14-10)9-3-2-6-15-9/h2-3,6-7,13H,4-5,8H2,1H3. The molecule has 0 amide bonds. The van der Waals surface area contributed by atoms with E-state index in [1.807, 2.05) is 7.05 Å². The van der Waals surface area contributed by atoms with E-state index in [1.54, 1.807) is 22.7 Å². The minimum Gasteiger partial charge on any atom is -0.319 e. The molecule has 2 nitrogen and oxygen atoms in total. The van der Waals surface area contributed by atoms with Crippen LogP contribution in [0.25, 0.3) is 9.88 Å². The Labute approximate surface area is 103 Å². The molecule has 4 heteroatoms. The number of thiazole rings is 1. The van der Waals surface area contributed by atoms with Crippen molar-refractivity contribution < 1.29 is 0 Å². The van der Waals surface area contributed by atoms with Crippen molar-refractivity contribution in [3.8, 4) is 9.88 Å². The lowest BCUT2D eigenvalue weighted by Gasteiger charge is -2.10. The van der Waals surface area contributed by atoms with E-state index in [9.17, 15) is 0 Å². The zero-order chi connectivity index (χ0) is 11.0. The zero-order valence-electron chi connectivity index (χ0n) is 9.19. The maximum absolute atomic E-state index is 4.79. The summed E-state index contributed by atoms with van der Waals surface area (Å²) in [5.41, 5.74) is 1.64. The van der Waals surface area contributed by atoms with Crippen molar-refractivity contribution in [1.82, 2.24) is 10.3 Å². The van der Waals surface area contributed by atoms with Crippen LogP contribution in [-0.4, -0.2) is 18.6 Å². The van der Waals surface area contributed by atoms with Crippen molar-refractivity contribution in [2.24, 2.45) is 0 Å². The molecule has 1 fully saturated rings. The number of hydrogen-bond donors (Lipinski definition) is 1. The summed E-state index contributed by atoms with van der Waals surface area (Å²) in [5, 5.41) is 8.80. The number of aromatic nitrogens is 1. The Morgan fingerprint density at radius 2 is 2.31 bits per heavy atom. The van der Waals surface area contributed by atoms with Crippen LogP contribution in [0.2, 0.25) is 0 Å². The van der Waals surface area contributed by atoms with Gasteiger partial charge in [0.05, 0.1) is 10.6 Å². The van der Waals surface area contributed by atoms with Gasteiger partial charge in [0.2, 0.25) is 0 Å². The smallest absolute Gasteiger partial charge is 0.133 e. The summed E-state index contributed by atoms with van der Waals surface area (Å²) >= 11 is 3.54. The van der Waals surface area contributed by atoms with Crippen molar-refractivity contribution in [1.29, 1.82) is 0 Å². The molecule has 16 heavy (non-hydrogen) atoms. The van der Waals surface area contributed by atoms with Crippen molar-refractivity contribution >= 4 is 22.7 Å². The molecule has 0 aromatic carbocycles. The molecule has 2 aromatic heterocycles. The predicted molar refractivity (Wildman–Crippen MR) is 70.3 cm³/mol. The average Bonchev–Trinajstić information content (AvgIpc) is 2.76. The zero-order valence-corrected chi connectivity index (χ0v) is 10.8. The van der Waals surface area contributed by atoms with Gasteiger partial charge < -0.3 is 5.32 Å². The number of likely N-dealkylation sites (N-methyl/N-ethyl adjacent to an activating group) is 1. The largest absolute Gasteiger partial charge is 0.319 e. The highest BCUT2D eigenvalue weighted by Gasteiger charge is 2.45. The van der Waals surface area contributed by atoms with Gasteiger partial charge >= 0.3 is 0 Å². The van der Waals surface area contributed by atoms with Crippen LogP contribution in [-0.2, 0) is 5.41 Å². The first-order valence-corrected chi connectivity index (χ1v) is 7.24. The van der Waals surface area contributed by atoms with E-state index in [4.69, 9.17) is 4.98 Å². The van der Waals surface area contributed by atoms with Crippen molar-refractivity contribution in [3.05, 3.63) is 28.6 Å². The van der Waals surface area contributed by atoms with Gasteiger partial charge in [-0.05, 0) is 31.3 Å². The summed E-state index contributed by atoms with van der Waals surface area (Å²) in [6.07, 6.45) is 2.56. The van der Waals surface area contributed by atoms with Crippen LogP contribution in [0.1, 0.15) is 18.5 Å². The third kappa shape index (κ3) is 1.71. The van der Waals surface area contributed by atoms with Gasteiger partial charge in [-0.1, -0.05) is 6.07 Å². The topological polar surface area (TPSA) is 24.9 Å². The Hall–Kier alpha value is -0.710. The average molecular weight is 250 g/mol. The number of nitrogens with zero attached hydrogens (tertiary/aromatic N) is 1. The molecule has 2 aromatic rings. The second-order valence-corrected chi connectivity index (χ2v) is 6.13. The summed E-state index contributed by atoms with van der Waals surface area (Å²) in [6, 6.07) is 4.23. The van der Waals surface area contributed by atoms with E-state index in [0.29, 0.717) is 5.41 Å². The van der Waals surface area contributed by atoms with E-state index >= 15 is 0 Å². The first kappa shape index (κ1) is 10.4. The molecule has 0 aliphatic heterocycles. The molecule has 0 bridgehead atoms. The Morgan fingerprint density at radius 1 is 1.44 bits per heavy atom. The van der Waals surface area contributed by atoms with Gasteiger partial charge in [0.1, 0.15) is 5.01 Å². The summed E-state index contributed by atoms with van der Waals surface area (Å²) in [7, 11) is 2.02. The van der Waals surface area contributed by atoms with Crippen LogP contribution in [0.5, 0.6) is 0 Å². The summed E-state index contributed by atoms with van der Waals surface area (Å²) < 4.78 is 0. The fourth-order valence-corrected chi connectivity index (χ4v) is 3.80. The van der Waals surface area contributed by atoms with Crippen molar-refractivity contribution in [2.75, 3.05) is 13.6 Å². The van der Waals surface area contributed by atoms with Crippen LogP contribution in [0, 0.1) is 0 Å². The van der Waals surface area contributed by atoms with Gasteiger partial charge in [0, 0.05) is 17.3 Å². The van der Waals surface area contributed by atoms with E-state index in [0.717, 1.165) is 6.54 Å². The summed E-state index contributed by atoms with van der Waals surface area (Å²) in [4.78, 5) is 6.08. The molecule has 0 saturated heterocycles. The second kappa shape index (κ2) is 3.95. The van der Waals surface area contributed by atoms with E-state index in [-0.39, 0.29) is 0 Å². The molecule has 0 atom stereocenters. The predicted octanol–water partition coefficient (Wildman–Crippen LogP) is 3.12. The first-order valence-electron chi connectivity index (χ1n) is 5.49. The summed E-state index contributed by atoms with van der Waals surface area (Å²) in [6.45, 7) is 1.06.